The zero-order chi connectivity index (χ0) is 44.3. The third kappa shape index (κ3) is 8.70. The van der Waals surface area contributed by atoms with Crippen LogP contribution in [-0.2, 0) is 40.5 Å². The smallest absolute Gasteiger partial charge is 0.296 e. The van der Waals surface area contributed by atoms with Gasteiger partial charge in [0.25, 0.3) is 40.5 Å². The third-order valence-corrected chi connectivity index (χ3v) is 11.8. The Morgan fingerprint density at radius 3 is 1.40 bits per heavy atom. The lowest BCUT2D eigenvalue weighted by molar-refractivity contribution is 0.470. The number of nitrogens with zero attached hydrogens (tertiary/aromatic N) is 5. The number of benzene rings is 6. The van der Waals surface area contributed by atoms with E-state index in [1.165, 1.54) is 24.3 Å². The van der Waals surface area contributed by atoms with Gasteiger partial charge in [0.05, 0.1) is 20.9 Å². The minimum Gasteiger partial charge on any atom is -0.506 e. The first kappa shape index (κ1) is 42.9. The lowest BCUT2D eigenvalue weighted by atomic mass is 10.0. The fraction of sp³-hybridized carbons (Fsp3) is 0.0294. The highest BCUT2D eigenvalue weighted by Gasteiger charge is 2.26. The SMILES string of the molecule is CC(O)=Nc1cc(S(=O)(=O)O)cc2cc(S(=O)(=O)O)c(N=Nc3ccc(-c4ccc(N=Nc5c(S(=O)(=O)O)cc6cc(S(=O)(=O)O)ccc6c5O)c(O)c4)cc3O)c(O)c12. The average molecular weight is 904 g/mol. The van der Waals surface area contributed by atoms with E-state index in [2.05, 4.69) is 25.4 Å². The van der Waals surface area contributed by atoms with Gasteiger partial charge in [-0.15, -0.1) is 20.5 Å². The fourth-order valence-corrected chi connectivity index (χ4v) is 8.08. The molecule has 0 fully saturated rings. The molecule has 0 atom stereocenters. The third-order valence-electron chi connectivity index (χ3n) is 8.36. The van der Waals surface area contributed by atoms with Crippen molar-refractivity contribution in [2.24, 2.45) is 25.4 Å². The molecular weight excluding hydrogens is 879 g/mol. The standard InChI is InChI=1S/C34H25N5O17S4/c1-15(40)35-25-14-21(58(48,49)50)9-19-13-29(60(54,55)56)32(34(44)30(19)25)39-37-24-7-3-17(11-27(24)42)16-2-6-23(26(41)10-16)36-38-31-28(59(51,52)53)12-18-8-20(57(45,46)47)4-5-22(18)33(31)43/h2-14,41-44H,1H3,(H,35,40)(H,45,46,47)(H,48,49,50)(H,51,52,53)(H,54,55,56). The topological polar surface area (TPSA) is 380 Å². The van der Waals surface area contributed by atoms with Crippen LogP contribution < -0.4 is 0 Å². The van der Waals surface area contributed by atoms with Crippen molar-refractivity contribution in [1.29, 1.82) is 0 Å². The Balaban J connectivity index is 1.35. The Morgan fingerprint density at radius 2 is 0.950 bits per heavy atom. The molecule has 9 N–H and O–H groups in total. The number of rotatable bonds is 10. The highest BCUT2D eigenvalue weighted by molar-refractivity contribution is 7.86. The van der Waals surface area contributed by atoms with Crippen LogP contribution in [-0.4, -0.2) is 83.3 Å². The quantitative estimate of drug-likeness (QED) is 0.0292. The lowest BCUT2D eigenvalue weighted by Gasteiger charge is -2.12. The molecule has 0 bridgehead atoms. The summed E-state index contributed by atoms with van der Waals surface area (Å²) in [7, 11) is -20.0. The van der Waals surface area contributed by atoms with E-state index in [1.54, 1.807) is 0 Å². The van der Waals surface area contributed by atoms with Crippen LogP contribution in [0.25, 0.3) is 32.7 Å². The van der Waals surface area contributed by atoms with E-state index in [4.69, 9.17) is 0 Å². The maximum atomic E-state index is 12.3. The molecule has 0 heterocycles. The van der Waals surface area contributed by atoms with Crippen LogP contribution in [0.15, 0.2) is 124 Å². The fourth-order valence-electron chi connectivity index (χ4n) is 5.71. The van der Waals surface area contributed by atoms with Crippen molar-refractivity contribution in [3.8, 4) is 34.1 Å². The van der Waals surface area contributed by atoms with Gasteiger partial charge in [0.2, 0.25) is 0 Å². The summed E-state index contributed by atoms with van der Waals surface area (Å²) in [6.45, 7) is 1.09. The summed E-state index contributed by atoms with van der Waals surface area (Å²) in [4.78, 5) is 0.195. The van der Waals surface area contributed by atoms with Crippen LogP contribution in [0.5, 0.6) is 23.0 Å². The number of aliphatic hydroxyl groups excluding tert-OH is 1. The summed E-state index contributed by atoms with van der Waals surface area (Å²) in [6.07, 6.45) is 0. The van der Waals surface area contributed by atoms with Gasteiger partial charge in [0.15, 0.2) is 17.4 Å². The first-order valence-electron chi connectivity index (χ1n) is 16.0. The molecule has 0 unspecified atom stereocenters. The van der Waals surface area contributed by atoms with Crippen molar-refractivity contribution in [3.63, 3.8) is 0 Å². The number of hydrogen-bond donors (Lipinski definition) is 9. The van der Waals surface area contributed by atoms with E-state index >= 15 is 0 Å². The van der Waals surface area contributed by atoms with E-state index in [0.29, 0.717) is 6.07 Å². The summed E-state index contributed by atoms with van der Waals surface area (Å²) in [5.41, 5.74) is -2.33. The van der Waals surface area contributed by atoms with E-state index in [-0.39, 0.29) is 44.0 Å². The molecule has 0 aliphatic heterocycles. The largest absolute Gasteiger partial charge is 0.506 e. The van der Waals surface area contributed by atoms with Crippen molar-refractivity contribution in [2.45, 2.75) is 26.5 Å². The number of phenols is 4. The van der Waals surface area contributed by atoms with Gasteiger partial charge in [-0.2, -0.15) is 33.7 Å². The Hall–Kier alpha value is -6.65. The molecule has 0 aliphatic carbocycles. The second-order valence-electron chi connectivity index (χ2n) is 12.4. The molecule has 0 saturated heterocycles. The number of phenolic OH excluding ortho intramolecular Hbond substituents is 4. The highest BCUT2D eigenvalue weighted by Crippen LogP contribution is 2.47. The molecular formula is C34H25N5O17S4. The van der Waals surface area contributed by atoms with Crippen LogP contribution in [0, 0.1) is 0 Å². The first-order chi connectivity index (χ1) is 27.7. The normalized spacial score (nSPS) is 13.2. The van der Waals surface area contributed by atoms with Gasteiger partial charge in [0.1, 0.15) is 44.0 Å². The van der Waals surface area contributed by atoms with E-state index in [0.717, 1.165) is 55.5 Å². The minimum atomic E-state index is -5.23. The summed E-state index contributed by atoms with van der Waals surface area (Å²) >= 11 is 0. The van der Waals surface area contributed by atoms with Crippen molar-refractivity contribution in [2.75, 3.05) is 0 Å². The zero-order valence-electron chi connectivity index (χ0n) is 29.7. The molecule has 60 heavy (non-hydrogen) atoms. The number of aliphatic imine (C=N–C) groups is 1. The first-order valence-corrected chi connectivity index (χ1v) is 21.8. The van der Waals surface area contributed by atoms with E-state index < -0.39 is 106 Å². The molecule has 0 aliphatic rings. The molecule has 0 saturated carbocycles. The summed E-state index contributed by atoms with van der Waals surface area (Å²) < 4.78 is 135. The van der Waals surface area contributed by atoms with Gasteiger partial charge in [-0.3, -0.25) is 18.2 Å². The van der Waals surface area contributed by atoms with Gasteiger partial charge in [0, 0.05) is 12.3 Å². The van der Waals surface area contributed by atoms with Crippen LogP contribution >= 0.6 is 0 Å². The second kappa shape index (κ2) is 15.2. The Kier molecular flexibility index (Phi) is 10.9. The Labute approximate surface area is 337 Å². The van der Waals surface area contributed by atoms with Crippen LogP contribution in [0.4, 0.5) is 28.4 Å². The number of hydrogen-bond acceptors (Lipinski definition) is 17. The number of aliphatic hydroxyl groups is 1. The predicted octanol–water partition coefficient (Wildman–Crippen LogP) is 6.91. The van der Waals surface area contributed by atoms with Crippen LogP contribution in [0.3, 0.4) is 0 Å². The van der Waals surface area contributed by atoms with Gasteiger partial charge in [-0.1, -0.05) is 12.1 Å². The van der Waals surface area contributed by atoms with E-state index in [9.17, 15) is 77.4 Å². The van der Waals surface area contributed by atoms with Crippen molar-refractivity contribution >= 4 is 96.4 Å². The Bertz CT molecular complexity index is 3390. The van der Waals surface area contributed by atoms with Crippen molar-refractivity contribution in [3.05, 3.63) is 78.9 Å². The van der Waals surface area contributed by atoms with Crippen molar-refractivity contribution < 1.29 is 77.4 Å². The maximum Gasteiger partial charge on any atom is 0.296 e. The average Bonchev–Trinajstić information content (AvgIpc) is 3.12. The van der Waals surface area contributed by atoms with E-state index in [1.807, 2.05) is 0 Å². The molecule has 312 valence electrons. The summed E-state index contributed by atoms with van der Waals surface area (Å²) in [5, 5.41) is 67.1. The molecule has 26 heteroatoms. The zero-order valence-corrected chi connectivity index (χ0v) is 32.9. The van der Waals surface area contributed by atoms with Gasteiger partial charge >= 0.3 is 0 Å². The highest BCUT2D eigenvalue weighted by atomic mass is 32.2. The molecule has 0 radical (unpaired) electrons. The number of azo groups is 2. The lowest BCUT2D eigenvalue weighted by Crippen LogP contribution is -2.01. The minimum absolute atomic E-state index is 0.145. The maximum absolute atomic E-state index is 12.3. The van der Waals surface area contributed by atoms with Crippen LogP contribution in [0.1, 0.15) is 6.92 Å². The number of fused-ring (bicyclic) bond motifs is 2. The monoisotopic (exact) mass is 903 g/mol. The van der Waals surface area contributed by atoms with Gasteiger partial charge in [-0.05, 0) is 88.6 Å². The predicted molar refractivity (Wildman–Crippen MR) is 209 cm³/mol. The molecule has 6 aromatic rings. The van der Waals surface area contributed by atoms with Crippen molar-refractivity contribution in [1.82, 2.24) is 0 Å². The molecule has 22 nitrogen and oxygen atoms in total. The second-order valence-corrected chi connectivity index (χ2v) is 18.1. The van der Waals surface area contributed by atoms with Crippen LogP contribution in [0.2, 0.25) is 0 Å². The van der Waals surface area contributed by atoms with Gasteiger partial charge < -0.3 is 25.5 Å². The summed E-state index contributed by atoms with van der Waals surface area (Å²) in [5.74, 6) is -3.68. The van der Waals surface area contributed by atoms with Gasteiger partial charge in [-0.25, -0.2) is 4.99 Å². The molecule has 0 aromatic heterocycles. The molecule has 6 aromatic carbocycles. The Morgan fingerprint density at radius 1 is 0.483 bits per heavy atom. The number of aromatic hydroxyl groups is 4. The summed E-state index contributed by atoms with van der Waals surface area (Å²) in [6, 6.07) is 13.1. The molecule has 0 spiro atoms. The molecule has 0 amide bonds. The molecule has 6 rings (SSSR count).